The number of likely N-dealkylation sites (tertiary alicyclic amines) is 1. The van der Waals surface area contributed by atoms with Crippen LogP contribution in [0.4, 0.5) is 4.79 Å². The Kier molecular flexibility index (Phi) is 3.51. The van der Waals surface area contributed by atoms with E-state index in [1.807, 2.05) is 24.3 Å². The van der Waals surface area contributed by atoms with E-state index in [4.69, 9.17) is 17.3 Å². The summed E-state index contributed by atoms with van der Waals surface area (Å²) >= 11 is 5.89. The van der Waals surface area contributed by atoms with Gasteiger partial charge < -0.3 is 5.73 Å². The SMILES string of the molecule is NC(=O)N1CC[C](Cc2cccc3nc(Cl)ccc23)C1=O. The standard InChI is InChI=1S/C15H13ClN3O2/c16-13-5-4-11-9(2-1-3-12(11)18-13)8-10-6-7-19(14(10)20)15(17)21/h1-5H,6-8H2,(H2,17,21). The number of urea groups is 1. The summed E-state index contributed by atoms with van der Waals surface area (Å²) in [4.78, 5) is 28.6. The van der Waals surface area contributed by atoms with Crippen LogP contribution in [0.2, 0.25) is 5.15 Å². The van der Waals surface area contributed by atoms with Crippen LogP contribution in [-0.2, 0) is 11.2 Å². The third kappa shape index (κ3) is 2.56. The Hall–Kier alpha value is -2.14. The van der Waals surface area contributed by atoms with Crippen molar-refractivity contribution in [3.05, 3.63) is 47.0 Å². The number of primary amides is 1. The molecule has 1 aliphatic heterocycles. The van der Waals surface area contributed by atoms with Gasteiger partial charge in [-0.2, -0.15) is 0 Å². The number of imide groups is 1. The molecule has 1 aliphatic rings. The molecule has 1 aromatic heterocycles. The van der Waals surface area contributed by atoms with Gasteiger partial charge in [-0.25, -0.2) is 9.78 Å². The minimum Gasteiger partial charge on any atom is -0.351 e. The molecule has 0 aliphatic carbocycles. The number of hydrogen-bond acceptors (Lipinski definition) is 3. The molecular formula is C15H13ClN3O2. The summed E-state index contributed by atoms with van der Waals surface area (Å²) in [5.41, 5.74) is 6.96. The zero-order valence-electron chi connectivity index (χ0n) is 11.2. The number of pyridine rings is 1. The Labute approximate surface area is 126 Å². The summed E-state index contributed by atoms with van der Waals surface area (Å²) in [6, 6.07) is 8.64. The number of benzene rings is 1. The van der Waals surface area contributed by atoms with E-state index in [1.165, 1.54) is 0 Å². The van der Waals surface area contributed by atoms with Gasteiger partial charge in [0.2, 0.25) is 5.91 Å². The van der Waals surface area contributed by atoms with Crippen molar-refractivity contribution in [3.63, 3.8) is 0 Å². The zero-order chi connectivity index (χ0) is 15.0. The Morgan fingerprint density at radius 1 is 1.33 bits per heavy atom. The van der Waals surface area contributed by atoms with Gasteiger partial charge >= 0.3 is 6.03 Å². The second kappa shape index (κ2) is 5.33. The maximum absolute atomic E-state index is 12.1. The molecule has 3 amide bonds. The first-order valence-corrected chi connectivity index (χ1v) is 6.94. The van der Waals surface area contributed by atoms with Crippen molar-refractivity contribution in [2.45, 2.75) is 12.8 Å². The van der Waals surface area contributed by atoms with Gasteiger partial charge in [-0.1, -0.05) is 23.7 Å². The Balaban J connectivity index is 1.89. The van der Waals surface area contributed by atoms with Crippen LogP contribution in [-0.4, -0.2) is 28.4 Å². The van der Waals surface area contributed by atoms with Crippen molar-refractivity contribution in [3.8, 4) is 0 Å². The third-order valence-electron chi connectivity index (χ3n) is 3.64. The summed E-state index contributed by atoms with van der Waals surface area (Å²) in [7, 11) is 0. The average Bonchev–Trinajstić information content (AvgIpc) is 2.80. The zero-order valence-corrected chi connectivity index (χ0v) is 11.9. The molecule has 3 rings (SSSR count). The number of halogens is 1. The van der Waals surface area contributed by atoms with Crippen molar-refractivity contribution in [1.29, 1.82) is 0 Å². The number of nitrogens with two attached hydrogens (primary N) is 1. The highest BCUT2D eigenvalue weighted by molar-refractivity contribution is 6.29. The van der Waals surface area contributed by atoms with Gasteiger partial charge in [0.1, 0.15) is 5.15 Å². The number of nitrogens with zero attached hydrogens (tertiary/aromatic N) is 2. The molecule has 5 nitrogen and oxygen atoms in total. The molecule has 1 fully saturated rings. The van der Waals surface area contributed by atoms with E-state index in [-0.39, 0.29) is 5.91 Å². The fraction of sp³-hybridized carbons (Fsp3) is 0.200. The molecule has 2 aromatic rings. The van der Waals surface area contributed by atoms with Crippen LogP contribution in [0.15, 0.2) is 30.3 Å². The molecule has 0 unspecified atom stereocenters. The van der Waals surface area contributed by atoms with Crippen LogP contribution in [0.1, 0.15) is 12.0 Å². The lowest BCUT2D eigenvalue weighted by molar-refractivity contribution is -0.123. The molecule has 0 saturated carbocycles. The fourth-order valence-corrected chi connectivity index (χ4v) is 2.75. The monoisotopic (exact) mass is 302 g/mol. The topological polar surface area (TPSA) is 76.3 Å². The highest BCUT2D eigenvalue weighted by Gasteiger charge is 2.35. The molecule has 0 bridgehead atoms. The molecule has 1 radical (unpaired) electrons. The first-order chi connectivity index (χ1) is 10.1. The average molecular weight is 303 g/mol. The van der Waals surface area contributed by atoms with Gasteiger partial charge in [0.05, 0.1) is 11.4 Å². The Morgan fingerprint density at radius 2 is 2.14 bits per heavy atom. The van der Waals surface area contributed by atoms with Gasteiger partial charge in [-0.3, -0.25) is 9.69 Å². The predicted molar refractivity (Wildman–Crippen MR) is 79.6 cm³/mol. The quantitative estimate of drug-likeness (QED) is 0.865. The fourth-order valence-electron chi connectivity index (χ4n) is 2.60. The number of amides is 3. The lowest BCUT2D eigenvalue weighted by Crippen LogP contribution is -2.37. The summed E-state index contributed by atoms with van der Waals surface area (Å²) < 4.78 is 0. The number of carbonyl (C=O) groups excluding carboxylic acids is 2. The van der Waals surface area contributed by atoms with Crippen LogP contribution < -0.4 is 5.73 Å². The largest absolute Gasteiger partial charge is 0.351 e. The Bertz CT molecular complexity index is 732. The van der Waals surface area contributed by atoms with Gasteiger partial charge in [0.15, 0.2) is 0 Å². The maximum Gasteiger partial charge on any atom is 0.321 e. The normalized spacial score (nSPS) is 15.9. The lowest BCUT2D eigenvalue weighted by Gasteiger charge is -2.12. The molecular weight excluding hydrogens is 290 g/mol. The van der Waals surface area contributed by atoms with Gasteiger partial charge in [-0.05, 0) is 36.6 Å². The number of fused-ring (bicyclic) bond motifs is 1. The molecule has 0 spiro atoms. The number of carbonyl (C=O) groups is 2. The van der Waals surface area contributed by atoms with E-state index < -0.39 is 6.03 Å². The van der Waals surface area contributed by atoms with Crippen molar-refractivity contribution in [1.82, 2.24) is 9.88 Å². The van der Waals surface area contributed by atoms with Crippen LogP contribution in [0.5, 0.6) is 0 Å². The van der Waals surface area contributed by atoms with E-state index in [1.54, 1.807) is 6.07 Å². The first kappa shape index (κ1) is 13.8. The predicted octanol–water partition coefficient (Wildman–Crippen LogP) is 2.32. The number of rotatable bonds is 2. The Morgan fingerprint density at radius 3 is 2.86 bits per heavy atom. The smallest absolute Gasteiger partial charge is 0.321 e. The van der Waals surface area contributed by atoms with Gasteiger partial charge in [0, 0.05) is 11.9 Å². The summed E-state index contributed by atoms with van der Waals surface area (Å²) in [5, 5.41) is 1.39. The summed E-state index contributed by atoms with van der Waals surface area (Å²) in [6.45, 7) is 0.359. The van der Waals surface area contributed by atoms with Crippen LogP contribution in [0, 0.1) is 5.92 Å². The molecule has 0 atom stereocenters. The van der Waals surface area contributed by atoms with E-state index in [0.717, 1.165) is 21.4 Å². The maximum atomic E-state index is 12.1. The van der Waals surface area contributed by atoms with Crippen LogP contribution >= 0.6 is 11.6 Å². The third-order valence-corrected chi connectivity index (χ3v) is 3.85. The van der Waals surface area contributed by atoms with Crippen LogP contribution in [0.3, 0.4) is 0 Å². The molecule has 107 valence electrons. The number of hydrogen-bond donors (Lipinski definition) is 1. The molecule has 21 heavy (non-hydrogen) atoms. The minimum atomic E-state index is -0.693. The summed E-state index contributed by atoms with van der Waals surface area (Å²) in [5.74, 6) is 0.415. The van der Waals surface area contributed by atoms with Gasteiger partial charge in [0.25, 0.3) is 0 Å². The van der Waals surface area contributed by atoms with Crippen molar-refractivity contribution >= 4 is 34.4 Å². The molecule has 2 heterocycles. The van der Waals surface area contributed by atoms with E-state index in [2.05, 4.69) is 4.98 Å². The van der Waals surface area contributed by atoms with E-state index >= 15 is 0 Å². The lowest BCUT2D eigenvalue weighted by atomic mass is 9.95. The second-order valence-corrected chi connectivity index (χ2v) is 5.33. The minimum absolute atomic E-state index is 0.276. The second-order valence-electron chi connectivity index (χ2n) is 4.94. The highest BCUT2D eigenvalue weighted by atomic mass is 35.5. The molecule has 2 N–H and O–H groups in total. The van der Waals surface area contributed by atoms with E-state index in [9.17, 15) is 9.59 Å². The van der Waals surface area contributed by atoms with Crippen molar-refractivity contribution in [2.75, 3.05) is 6.54 Å². The number of aromatic nitrogens is 1. The van der Waals surface area contributed by atoms with Crippen molar-refractivity contribution < 1.29 is 9.59 Å². The van der Waals surface area contributed by atoms with Gasteiger partial charge in [-0.15, -0.1) is 0 Å². The summed E-state index contributed by atoms with van der Waals surface area (Å²) in [6.07, 6.45) is 1.04. The van der Waals surface area contributed by atoms with Crippen LogP contribution in [0.25, 0.3) is 10.9 Å². The molecule has 1 aromatic carbocycles. The molecule has 6 heteroatoms. The molecule has 1 saturated heterocycles. The highest BCUT2D eigenvalue weighted by Crippen LogP contribution is 2.28. The van der Waals surface area contributed by atoms with E-state index in [0.29, 0.717) is 30.5 Å². The van der Waals surface area contributed by atoms with Crippen molar-refractivity contribution in [2.24, 2.45) is 5.73 Å². The first-order valence-electron chi connectivity index (χ1n) is 6.56.